The van der Waals surface area contributed by atoms with Crippen molar-refractivity contribution < 1.29 is 14.7 Å². The quantitative estimate of drug-likeness (QED) is 0.811. The zero-order valence-electron chi connectivity index (χ0n) is 13.7. The van der Waals surface area contributed by atoms with Gasteiger partial charge in [-0.2, -0.15) is 0 Å². The lowest BCUT2D eigenvalue weighted by molar-refractivity contribution is -0.145. The molecular formula is C17H29NO3. The smallest absolute Gasteiger partial charge is 0.236 e. The molecule has 0 aromatic carbocycles. The fourth-order valence-corrected chi connectivity index (χ4v) is 4.10. The van der Waals surface area contributed by atoms with Crippen LogP contribution in [0.2, 0.25) is 0 Å². The molecule has 1 N–H and O–H groups in total. The Morgan fingerprint density at radius 3 is 2.29 bits per heavy atom. The Hall–Kier alpha value is -0.900. The van der Waals surface area contributed by atoms with E-state index in [9.17, 15) is 14.7 Å². The summed E-state index contributed by atoms with van der Waals surface area (Å²) in [6.45, 7) is 5.94. The maximum absolute atomic E-state index is 12.8. The number of amides is 2. The molecule has 1 heterocycles. The van der Waals surface area contributed by atoms with Gasteiger partial charge in [0.25, 0.3) is 0 Å². The van der Waals surface area contributed by atoms with Crippen LogP contribution in [0.1, 0.15) is 72.1 Å². The highest BCUT2D eigenvalue weighted by Gasteiger charge is 2.52. The molecule has 1 atom stereocenters. The van der Waals surface area contributed by atoms with Crippen molar-refractivity contribution in [2.24, 2.45) is 11.3 Å². The van der Waals surface area contributed by atoms with Gasteiger partial charge in [0, 0.05) is 6.42 Å². The van der Waals surface area contributed by atoms with Gasteiger partial charge in [-0.05, 0) is 32.1 Å². The van der Waals surface area contributed by atoms with Crippen LogP contribution in [0.5, 0.6) is 0 Å². The Morgan fingerprint density at radius 2 is 1.76 bits per heavy atom. The lowest BCUT2D eigenvalue weighted by Gasteiger charge is -2.31. The van der Waals surface area contributed by atoms with Crippen LogP contribution in [0.25, 0.3) is 0 Å². The number of likely N-dealkylation sites (tertiary alicyclic amines) is 1. The van der Waals surface area contributed by atoms with Crippen molar-refractivity contribution >= 4 is 11.8 Å². The topological polar surface area (TPSA) is 57.6 Å². The normalized spacial score (nSPS) is 25.5. The number of hydrogen-bond donors (Lipinski definition) is 1. The van der Waals surface area contributed by atoms with Crippen LogP contribution >= 0.6 is 0 Å². The first-order chi connectivity index (χ1) is 9.76. The van der Waals surface area contributed by atoms with Gasteiger partial charge in [0.2, 0.25) is 11.8 Å². The summed E-state index contributed by atoms with van der Waals surface area (Å²) >= 11 is 0. The highest BCUT2D eigenvalue weighted by Crippen LogP contribution is 2.44. The average molecular weight is 295 g/mol. The molecule has 0 aromatic rings. The van der Waals surface area contributed by atoms with Crippen molar-refractivity contribution in [1.29, 1.82) is 0 Å². The van der Waals surface area contributed by atoms with Gasteiger partial charge in [-0.3, -0.25) is 14.5 Å². The van der Waals surface area contributed by atoms with Gasteiger partial charge in [-0.15, -0.1) is 0 Å². The van der Waals surface area contributed by atoms with E-state index >= 15 is 0 Å². The first-order valence-electron chi connectivity index (χ1n) is 8.33. The number of nitrogens with zero attached hydrogens (tertiary/aromatic N) is 1. The van der Waals surface area contributed by atoms with Gasteiger partial charge < -0.3 is 5.11 Å². The Balaban J connectivity index is 2.11. The van der Waals surface area contributed by atoms with Gasteiger partial charge >= 0.3 is 0 Å². The highest BCUT2D eigenvalue weighted by atomic mass is 16.3. The van der Waals surface area contributed by atoms with E-state index in [0.29, 0.717) is 18.8 Å². The van der Waals surface area contributed by atoms with Crippen LogP contribution in [-0.4, -0.2) is 34.0 Å². The fourth-order valence-electron chi connectivity index (χ4n) is 4.10. The van der Waals surface area contributed by atoms with E-state index in [1.807, 2.05) is 13.8 Å². The molecular weight excluding hydrogens is 266 g/mol. The van der Waals surface area contributed by atoms with Crippen LogP contribution in [0.15, 0.2) is 0 Å². The molecule has 4 nitrogen and oxygen atoms in total. The van der Waals surface area contributed by atoms with Gasteiger partial charge in [-0.1, -0.05) is 39.5 Å². The van der Waals surface area contributed by atoms with Gasteiger partial charge in [0.1, 0.15) is 0 Å². The number of hydrogen-bond acceptors (Lipinski definition) is 3. The average Bonchev–Trinajstić information content (AvgIpc) is 2.56. The summed E-state index contributed by atoms with van der Waals surface area (Å²) in [5.41, 5.74) is -1.45. The monoisotopic (exact) mass is 295 g/mol. The first-order valence-corrected chi connectivity index (χ1v) is 8.33. The zero-order chi connectivity index (χ0) is 15.7. The second-order valence-electron chi connectivity index (χ2n) is 7.75. The van der Waals surface area contributed by atoms with E-state index in [2.05, 4.69) is 0 Å². The van der Waals surface area contributed by atoms with Crippen LogP contribution in [0, 0.1) is 11.3 Å². The van der Waals surface area contributed by atoms with Crippen molar-refractivity contribution in [3.05, 3.63) is 0 Å². The molecule has 2 rings (SSSR count). The van der Waals surface area contributed by atoms with Crippen molar-refractivity contribution in [3.8, 4) is 0 Å². The summed E-state index contributed by atoms with van der Waals surface area (Å²) < 4.78 is 0. The van der Waals surface area contributed by atoms with Gasteiger partial charge in [0.05, 0.1) is 17.6 Å². The molecule has 2 fully saturated rings. The van der Waals surface area contributed by atoms with Crippen molar-refractivity contribution in [2.45, 2.75) is 77.7 Å². The second kappa shape index (κ2) is 6.07. The lowest BCUT2D eigenvalue weighted by Crippen LogP contribution is -2.46. The fraction of sp³-hybridized carbons (Fsp3) is 0.882. The molecule has 1 unspecified atom stereocenters. The SMILES string of the molecule is CC(C)CC(C)(O)CN1C(=O)CC2(CCCCCC2)C1=O. The Labute approximate surface area is 127 Å². The van der Waals surface area contributed by atoms with E-state index in [-0.39, 0.29) is 18.4 Å². The van der Waals surface area contributed by atoms with Crippen molar-refractivity contribution in [1.82, 2.24) is 4.90 Å². The number of aliphatic hydroxyl groups is 1. The lowest BCUT2D eigenvalue weighted by atomic mass is 9.79. The molecule has 0 aromatic heterocycles. The standard InChI is InChI=1S/C17H29NO3/c1-13(2)10-16(3,21)12-18-14(19)11-17(15(18)20)8-6-4-5-7-9-17/h13,21H,4-12H2,1-3H3. The molecule has 1 aliphatic heterocycles. The predicted octanol–water partition coefficient (Wildman–Crippen LogP) is 2.88. The molecule has 4 heteroatoms. The number of imide groups is 1. The minimum absolute atomic E-state index is 0.0292. The molecule has 2 aliphatic rings. The third-order valence-electron chi connectivity index (χ3n) is 4.90. The number of rotatable bonds is 4. The van der Waals surface area contributed by atoms with E-state index in [1.54, 1.807) is 6.92 Å². The largest absolute Gasteiger partial charge is 0.388 e. The summed E-state index contributed by atoms with van der Waals surface area (Å²) in [5.74, 6) is 0.212. The summed E-state index contributed by atoms with van der Waals surface area (Å²) in [7, 11) is 0. The summed E-state index contributed by atoms with van der Waals surface area (Å²) in [5, 5.41) is 10.5. The van der Waals surface area contributed by atoms with Gasteiger partial charge in [-0.25, -0.2) is 0 Å². The zero-order valence-corrected chi connectivity index (χ0v) is 13.7. The Kier molecular flexibility index (Phi) is 4.76. The third kappa shape index (κ3) is 3.65. The third-order valence-corrected chi connectivity index (χ3v) is 4.90. The summed E-state index contributed by atoms with van der Waals surface area (Å²) in [4.78, 5) is 26.5. The van der Waals surface area contributed by atoms with Gasteiger partial charge in [0.15, 0.2) is 0 Å². The minimum atomic E-state index is -0.990. The molecule has 1 saturated heterocycles. The minimum Gasteiger partial charge on any atom is -0.388 e. The molecule has 1 saturated carbocycles. The number of carbonyl (C=O) groups is 2. The first kappa shape index (κ1) is 16.5. The van der Waals surface area contributed by atoms with Crippen LogP contribution in [0.3, 0.4) is 0 Å². The Morgan fingerprint density at radius 1 is 1.19 bits per heavy atom. The molecule has 21 heavy (non-hydrogen) atoms. The Bertz CT molecular complexity index is 406. The predicted molar refractivity (Wildman–Crippen MR) is 81.6 cm³/mol. The van der Waals surface area contributed by atoms with Crippen LogP contribution in [0.4, 0.5) is 0 Å². The summed E-state index contributed by atoms with van der Waals surface area (Å²) in [6.07, 6.45) is 7.01. The molecule has 120 valence electrons. The van der Waals surface area contributed by atoms with E-state index < -0.39 is 11.0 Å². The summed E-state index contributed by atoms with van der Waals surface area (Å²) in [6, 6.07) is 0. The number of β-amino-alcohol motifs (C(OH)–C–C–N with tert-alkyl or cyclic N) is 1. The second-order valence-corrected chi connectivity index (χ2v) is 7.75. The molecule has 0 bridgehead atoms. The van der Waals surface area contributed by atoms with Crippen molar-refractivity contribution in [3.63, 3.8) is 0 Å². The molecule has 0 radical (unpaired) electrons. The van der Waals surface area contributed by atoms with E-state index in [0.717, 1.165) is 38.5 Å². The van der Waals surface area contributed by atoms with E-state index in [1.165, 1.54) is 4.90 Å². The van der Waals surface area contributed by atoms with Crippen LogP contribution in [-0.2, 0) is 9.59 Å². The number of carbonyl (C=O) groups excluding carboxylic acids is 2. The van der Waals surface area contributed by atoms with E-state index in [4.69, 9.17) is 0 Å². The maximum atomic E-state index is 12.8. The van der Waals surface area contributed by atoms with Crippen LogP contribution < -0.4 is 0 Å². The molecule has 1 aliphatic carbocycles. The van der Waals surface area contributed by atoms with Crippen molar-refractivity contribution in [2.75, 3.05) is 6.54 Å². The maximum Gasteiger partial charge on any atom is 0.236 e. The molecule has 2 amide bonds. The highest BCUT2D eigenvalue weighted by molar-refractivity contribution is 6.06. The molecule has 1 spiro atoms.